The lowest BCUT2D eigenvalue weighted by molar-refractivity contribution is 0.0729. The number of hydrogen-bond donors (Lipinski definition) is 2. The summed E-state index contributed by atoms with van der Waals surface area (Å²) in [4.78, 5) is 27.9. The second-order valence-corrected chi connectivity index (χ2v) is 4.67. The van der Waals surface area contributed by atoms with Gasteiger partial charge in [-0.05, 0) is 38.3 Å². The molecule has 1 aliphatic rings. The molecular weight excluding hydrogens is 230 g/mol. The Labute approximate surface area is 106 Å². The third-order valence-corrected chi connectivity index (χ3v) is 3.40. The van der Waals surface area contributed by atoms with E-state index in [0.29, 0.717) is 12.1 Å². The Balaban J connectivity index is 2.10. The summed E-state index contributed by atoms with van der Waals surface area (Å²) in [5.41, 5.74) is 5.74. The van der Waals surface area contributed by atoms with Gasteiger partial charge in [-0.15, -0.1) is 0 Å². The number of rotatable bonds is 4. The average Bonchev–Trinajstić information content (AvgIpc) is 2.83. The van der Waals surface area contributed by atoms with Gasteiger partial charge in [0, 0.05) is 30.4 Å². The Morgan fingerprint density at radius 2 is 2.39 bits per heavy atom. The molecule has 1 saturated heterocycles. The van der Waals surface area contributed by atoms with Crippen LogP contribution in [0, 0.1) is 0 Å². The maximum atomic E-state index is 12.3. The third kappa shape index (κ3) is 2.79. The van der Waals surface area contributed by atoms with E-state index in [4.69, 9.17) is 5.73 Å². The summed E-state index contributed by atoms with van der Waals surface area (Å²) in [6.07, 6.45) is 5.47. The molecule has 1 unspecified atom stereocenters. The fourth-order valence-corrected chi connectivity index (χ4v) is 2.50. The van der Waals surface area contributed by atoms with E-state index in [1.165, 1.54) is 12.3 Å². The molecule has 1 aliphatic heterocycles. The SMILES string of the molecule is NCCCC1CCCN1C(=O)c1cc[nH]c(=O)c1. The van der Waals surface area contributed by atoms with Crippen molar-refractivity contribution in [1.82, 2.24) is 9.88 Å². The minimum absolute atomic E-state index is 0.0411. The third-order valence-electron chi connectivity index (χ3n) is 3.40. The van der Waals surface area contributed by atoms with Gasteiger partial charge in [-0.3, -0.25) is 9.59 Å². The second-order valence-electron chi connectivity index (χ2n) is 4.67. The van der Waals surface area contributed by atoms with Crippen LogP contribution in [0.1, 0.15) is 36.0 Å². The number of aromatic amines is 1. The summed E-state index contributed by atoms with van der Waals surface area (Å²) in [5.74, 6) is -0.0411. The van der Waals surface area contributed by atoms with Gasteiger partial charge in [0.05, 0.1) is 0 Å². The average molecular weight is 249 g/mol. The molecule has 1 amide bonds. The van der Waals surface area contributed by atoms with E-state index in [0.717, 1.165) is 32.2 Å². The van der Waals surface area contributed by atoms with Gasteiger partial charge < -0.3 is 15.6 Å². The molecule has 98 valence electrons. The van der Waals surface area contributed by atoms with Gasteiger partial charge >= 0.3 is 0 Å². The molecule has 1 atom stereocenters. The minimum Gasteiger partial charge on any atom is -0.336 e. The molecule has 1 aromatic heterocycles. The molecule has 5 nitrogen and oxygen atoms in total. The zero-order valence-corrected chi connectivity index (χ0v) is 10.4. The van der Waals surface area contributed by atoms with E-state index < -0.39 is 0 Å². The molecule has 0 bridgehead atoms. The van der Waals surface area contributed by atoms with Crippen LogP contribution in [0.4, 0.5) is 0 Å². The Morgan fingerprint density at radius 1 is 1.56 bits per heavy atom. The lowest BCUT2D eigenvalue weighted by Gasteiger charge is -2.24. The van der Waals surface area contributed by atoms with Crippen LogP contribution in [0.3, 0.4) is 0 Å². The predicted octanol–water partition coefficient (Wildman–Crippen LogP) is 0.718. The van der Waals surface area contributed by atoms with E-state index in [1.54, 1.807) is 6.07 Å². The molecule has 0 aromatic carbocycles. The van der Waals surface area contributed by atoms with Gasteiger partial charge in [0.1, 0.15) is 0 Å². The number of carbonyl (C=O) groups excluding carboxylic acids is 1. The van der Waals surface area contributed by atoms with Crippen molar-refractivity contribution in [2.45, 2.75) is 31.7 Å². The number of H-pyrrole nitrogens is 1. The number of carbonyl (C=O) groups is 1. The standard InChI is InChI=1S/C13H19N3O2/c14-6-1-3-11-4-2-8-16(11)13(18)10-5-7-15-12(17)9-10/h5,7,9,11H,1-4,6,8,14H2,(H,15,17). The van der Waals surface area contributed by atoms with Crippen LogP contribution in [0.5, 0.6) is 0 Å². The van der Waals surface area contributed by atoms with Crippen molar-refractivity contribution in [3.05, 3.63) is 34.2 Å². The van der Waals surface area contributed by atoms with Crippen molar-refractivity contribution in [2.75, 3.05) is 13.1 Å². The number of likely N-dealkylation sites (tertiary alicyclic amines) is 1. The molecule has 0 radical (unpaired) electrons. The smallest absolute Gasteiger partial charge is 0.254 e. The Kier molecular flexibility index (Phi) is 4.15. The highest BCUT2D eigenvalue weighted by Crippen LogP contribution is 2.22. The van der Waals surface area contributed by atoms with Gasteiger partial charge in [0.25, 0.3) is 5.91 Å². The van der Waals surface area contributed by atoms with Gasteiger partial charge in [-0.25, -0.2) is 0 Å². The molecule has 3 N–H and O–H groups in total. The fourth-order valence-electron chi connectivity index (χ4n) is 2.50. The second kappa shape index (κ2) is 5.82. The number of nitrogens with two attached hydrogens (primary N) is 1. The lowest BCUT2D eigenvalue weighted by atomic mass is 10.1. The van der Waals surface area contributed by atoms with Crippen molar-refractivity contribution in [2.24, 2.45) is 5.73 Å². The van der Waals surface area contributed by atoms with Crippen LogP contribution >= 0.6 is 0 Å². The number of nitrogens with zero attached hydrogens (tertiary/aromatic N) is 1. The molecule has 2 heterocycles. The normalized spacial score (nSPS) is 19.2. The Morgan fingerprint density at radius 3 is 3.11 bits per heavy atom. The summed E-state index contributed by atoms with van der Waals surface area (Å²) in [6.45, 7) is 1.43. The van der Waals surface area contributed by atoms with Crippen molar-refractivity contribution < 1.29 is 4.79 Å². The number of hydrogen-bond acceptors (Lipinski definition) is 3. The van der Waals surface area contributed by atoms with E-state index in [1.807, 2.05) is 4.90 Å². The molecule has 18 heavy (non-hydrogen) atoms. The molecule has 1 fully saturated rings. The highest BCUT2D eigenvalue weighted by molar-refractivity contribution is 5.94. The lowest BCUT2D eigenvalue weighted by Crippen LogP contribution is -2.36. The van der Waals surface area contributed by atoms with Crippen molar-refractivity contribution in [3.8, 4) is 0 Å². The molecule has 0 spiro atoms. The van der Waals surface area contributed by atoms with Gasteiger partial charge in [0.2, 0.25) is 5.56 Å². The summed E-state index contributed by atoms with van der Waals surface area (Å²) in [7, 11) is 0. The molecular formula is C13H19N3O2. The number of aromatic nitrogens is 1. The summed E-state index contributed by atoms with van der Waals surface area (Å²) in [5, 5.41) is 0. The van der Waals surface area contributed by atoms with Gasteiger partial charge in [-0.2, -0.15) is 0 Å². The maximum Gasteiger partial charge on any atom is 0.254 e. The van der Waals surface area contributed by atoms with Crippen LogP contribution in [0.15, 0.2) is 23.1 Å². The topological polar surface area (TPSA) is 79.2 Å². The van der Waals surface area contributed by atoms with Crippen LogP contribution in [-0.4, -0.2) is 34.9 Å². The summed E-state index contributed by atoms with van der Waals surface area (Å²) in [6, 6.07) is 3.29. The molecule has 0 aliphatic carbocycles. The Bertz CT molecular complexity index is 469. The molecule has 1 aromatic rings. The summed E-state index contributed by atoms with van der Waals surface area (Å²) < 4.78 is 0. The fraction of sp³-hybridized carbons (Fsp3) is 0.538. The van der Waals surface area contributed by atoms with Gasteiger partial charge in [-0.1, -0.05) is 0 Å². The van der Waals surface area contributed by atoms with Crippen molar-refractivity contribution >= 4 is 5.91 Å². The monoisotopic (exact) mass is 249 g/mol. The molecule has 2 rings (SSSR count). The zero-order chi connectivity index (χ0) is 13.0. The highest BCUT2D eigenvalue weighted by atomic mass is 16.2. The first-order chi connectivity index (χ1) is 8.72. The maximum absolute atomic E-state index is 12.3. The van der Waals surface area contributed by atoms with Crippen LogP contribution in [0.25, 0.3) is 0 Å². The van der Waals surface area contributed by atoms with E-state index >= 15 is 0 Å². The first kappa shape index (κ1) is 12.8. The van der Waals surface area contributed by atoms with E-state index in [-0.39, 0.29) is 17.5 Å². The molecule has 0 saturated carbocycles. The quantitative estimate of drug-likeness (QED) is 0.825. The first-order valence-corrected chi connectivity index (χ1v) is 6.42. The zero-order valence-electron chi connectivity index (χ0n) is 10.4. The van der Waals surface area contributed by atoms with E-state index in [9.17, 15) is 9.59 Å². The van der Waals surface area contributed by atoms with Gasteiger partial charge in [0.15, 0.2) is 0 Å². The number of amides is 1. The Hall–Kier alpha value is -1.62. The van der Waals surface area contributed by atoms with E-state index in [2.05, 4.69) is 4.98 Å². The largest absolute Gasteiger partial charge is 0.336 e. The minimum atomic E-state index is -0.237. The van der Waals surface area contributed by atoms with Crippen molar-refractivity contribution in [1.29, 1.82) is 0 Å². The predicted molar refractivity (Wildman–Crippen MR) is 69.4 cm³/mol. The molecule has 5 heteroatoms. The van der Waals surface area contributed by atoms with Crippen LogP contribution in [-0.2, 0) is 0 Å². The number of nitrogens with one attached hydrogen (secondary N) is 1. The van der Waals surface area contributed by atoms with Crippen LogP contribution in [0.2, 0.25) is 0 Å². The van der Waals surface area contributed by atoms with Crippen LogP contribution < -0.4 is 11.3 Å². The van der Waals surface area contributed by atoms with Crippen molar-refractivity contribution in [3.63, 3.8) is 0 Å². The number of pyridine rings is 1. The highest BCUT2D eigenvalue weighted by Gasteiger charge is 2.28. The summed E-state index contributed by atoms with van der Waals surface area (Å²) >= 11 is 0. The first-order valence-electron chi connectivity index (χ1n) is 6.42.